The number of hydrogen-bond donors (Lipinski definition) is 1. The van der Waals surface area contributed by atoms with Gasteiger partial charge in [-0.25, -0.2) is 4.79 Å². The van der Waals surface area contributed by atoms with Gasteiger partial charge in [0.15, 0.2) is 0 Å². The monoisotopic (exact) mass is 346 g/mol. The predicted octanol–water partition coefficient (Wildman–Crippen LogP) is 2.79. The molecule has 0 unspecified atom stereocenters. The van der Waals surface area contributed by atoms with E-state index in [-0.39, 0.29) is 30.1 Å². The number of nitrogens with zero attached hydrogens (tertiary/aromatic N) is 2. The molecule has 0 bridgehead atoms. The van der Waals surface area contributed by atoms with Crippen molar-refractivity contribution in [3.63, 3.8) is 0 Å². The maximum Gasteiger partial charge on any atom is 0.339 e. The van der Waals surface area contributed by atoms with Crippen LogP contribution in [-0.2, 0) is 17.8 Å². The molecule has 1 amide bonds. The van der Waals surface area contributed by atoms with Gasteiger partial charge < -0.3 is 14.4 Å². The molecule has 0 saturated heterocycles. The fourth-order valence-corrected chi connectivity index (χ4v) is 2.42. The first kappa shape index (κ1) is 18.2. The molecule has 0 radical (unpaired) electrons. The number of carboxylic acid groups (broad SMARTS) is 1. The Balaban J connectivity index is 1.94. The van der Waals surface area contributed by atoms with Crippen molar-refractivity contribution >= 4 is 17.6 Å². The minimum atomic E-state index is -1.08. The van der Waals surface area contributed by atoms with Gasteiger partial charge in [0.1, 0.15) is 17.1 Å². The quantitative estimate of drug-likeness (QED) is 0.609. The Hall–Kier alpha value is -3.16. The molecule has 1 heterocycles. The predicted molar refractivity (Wildman–Crippen MR) is 88.3 cm³/mol. The minimum absolute atomic E-state index is 0.00874. The van der Waals surface area contributed by atoms with E-state index in [0.717, 1.165) is 0 Å². The van der Waals surface area contributed by atoms with Crippen LogP contribution in [0.3, 0.4) is 0 Å². The Bertz CT molecular complexity index is 811. The number of carbonyl (C=O) groups excluding carboxylic acids is 1. The highest BCUT2D eigenvalue weighted by molar-refractivity contribution is 5.88. The number of rotatable bonds is 7. The number of nitro benzene ring substituents is 1. The molecule has 0 atom stereocenters. The van der Waals surface area contributed by atoms with Crippen LogP contribution >= 0.6 is 0 Å². The molecular formula is C17H18N2O6. The lowest BCUT2D eigenvalue weighted by Gasteiger charge is -2.15. The van der Waals surface area contributed by atoms with E-state index in [9.17, 15) is 19.7 Å². The van der Waals surface area contributed by atoms with Gasteiger partial charge >= 0.3 is 5.97 Å². The van der Waals surface area contributed by atoms with Gasteiger partial charge in [-0.3, -0.25) is 14.9 Å². The number of nitro groups is 1. The van der Waals surface area contributed by atoms with Crippen LogP contribution in [0.5, 0.6) is 0 Å². The molecule has 1 aromatic carbocycles. The van der Waals surface area contributed by atoms with Crippen molar-refractivity contribution in [2.45, 2.75) is 26.3 Å². The molecule has 8 nitrogen and oxygen atoms in total. The van der Waals surface area contributed by atoms with Gasteiger partial charge in [0.25, 0.3) is 5.69 Å². The first-order chi connectivity index (χ1) is 11.8. The molecule has 8 heteroatoms. The van der Waals surface area contributed by atoms with Crippen molar-refractivity contribution < 1.29 is 24.0 Å². The topological polar surface area (TPSA) is 114 Å². The summed E-state index contributed by atoms with van der Waals surface area (Å²) in [6.45, 7) is 1.71. The minimum Gasteiger partial charge on any atom is -0.478 e. The van der Waals surface area contributed by atoms with Crippen LogP contribution in [0.2, 0.25) is 0 Å². The van der Waals surface area contributed by atoms with E-state index in [1.165, 1.54) is 23.1 Å². The highest BCUT2D eigenvalue weighted by Gasteiger charge is 2.17. The number of carbonyl (C=O) groups is 2. The average molecular weight is 346 g/mol. The summed E-state index contributed by atoms with van der Waals surface area (Å²) in [5.74, 6) is -0.564. The van der Waals surface area contributed by atoms with E-state index in [4.69, 9.17) is 9.52 Å². The first-order valence-corrected chi connectivity index (χ1v) is 7.58. The Morgan fingerprint density at radius 3 is 2.64 bits per heavy atom. The third kappa shape index (κ3) is 4.66. The molecule has 0 spiro atoms. The first-order valence-electron chi connectivity index (χ1n) is 7.58. The molecule has 0 fully saturated rings. The SMILES string of the molecule is Cc1oc(CN(C)C(=O)CCc2cccc([N+](=O)[O-])c2)cc1C(=O)O. The van der Waals surface area contributed by atoms with Crippen molar-refractivity contribution in [1.82, 2.24) is 4.90 Å². The summed E-state index contributed by atoms with van der Waals surface area (Å²) < 4.78 is 5.35. The number of carboxylic acids is 1. The maximum absolute atomic E-state index is 12.2. The van der Waals surface area contributed by atoms with Crippen LogP contribution in [0.1, 0.15) is 33.9 Å². The van der Waals surface area contributed by atoms with Gasteiger partial charge in [0.05, 0.1) is 11.5 Å². The maximum atomic E-state index is 12.2. The lowest BCUT2D eigenvalue weighted by atomic mass is 10.1. The number of furan rings is 1. The van der Waals surface area contributed by atoms with Gasteiger partial charge in [0.2, 0.25) is 5.91 Å². The molecule has 1 aromatic heterocycles. The molecule has 2 rings (SSSR count). The van der Waals surface area contributed by atoms with Crippen LogP contribution in [0, 0.1) is 17.0 Å². The average Bonchev–Trinajstić information content (AvgIpc) is 2.93. The number of amides is 1. The van der Waals surface area contributed by atoms with Crippen molar-refractivity contribution in [3.05, 3.63) is 63.1 Å². The number of benzene rings is 1. The zero-order valence-corrected chi connectivity index (χ0v) is 13.9. The van der Waals surface area contributed by atoms with E-state index in [1.807, 2.05) is 0 Å². The van der Waals surface area contributed by atoms with Crippen LogP contribution < -0.4 is 0 Å². The second kappa shape index (κ2) is 7.61. The lowest BCUT2D eigenvalue weighted by molar-refractivity contribution is -0.384. The normalized spacial score (nSPS) is 10.5. The molecule has 0 aliphatic heterocycles. The number of aromatic carboxylic acids is 1. The number of non-ortho nitro benzene ring substituents is 1. The largest absolute Gasteiger partial charge is 0.478 e. The van der Waals surface area contributed by atoms with Crippen LogP contribution in [-0.4, -0.2) is 33.9 Å². The summed E-state index contributed by atoms with van der Waals surface area (Å²) in [7, 11) is 1.59. The van der Waals surface area contributed by atoms with Crippen molar-refractivity contribution in [1.29, 1.82) is 0 Å². The fourth-order valence-electron chi connectivity index (χ4n) is 2.42. The van der Waals surface area contributed by atoms with Gasteiger partial charge in [-0.15, -0.1) is 0 Å². The molecular weight excluding hydrogens is 328 g/mol. The van der Waals surface area contributed by atoms with E-state index >= 15 is 0 Å². The van der Waals surface area contributed by atoms with Gasteiger partial charge in [-0.2, -0.15) is 0 Å². The summed E-state index contributed by atoms with van der Waals surface area (Å²) >= 11 is 0. The molecule has 1 N–H and O–H groups in total. The summed E-state index contributed by atoms with van der Waals surface area (Å²) in [5, 5.41) is 19.8. The van der Waals surface area contributed by atoms with Crippen LogP contribution in [0.15, 0.2) is 34.7 Å². The third-order valence-corrected chi connectivity index (χ3v) is 3.77. The van der Waals surface area contributed by atoms with Gasteiger partial charge in [-0.05, 0) is 25.0 Å². The standard InChI is InChI=1S/C17H18N2O6/c1-11-15(17(21)22)9-14(25-11)10-18(2)16(20)7-6-12-4-3-5-13(8-12)19(23)24/h3-5,8-9H,6-7,10H2,1-2H3,(H,21,22). The van der Waals surface area contributed by atoms with Gasteiger partial charge in [-0.1, -0.05) is 12.1 Å². The molecule has 2 aromatic rings. The van der Waals surface area contributed by atoms with Gasteiger partial charge in [0, 0.05) is 25.6 Å². The summed E-state index contributed by atoms with van der Waals surface area (Å²) in [4.78, 5) is 34.9. The second-order valence-electron chi connectivity index (χ2n) is 5.66. The molecule has 0 aliphatic rings. The smallest absolute Gasteiger partial charge is 0.339 e. The molecule has 25 heavy (non-hydrogen) atoms. The van der Waals surface area contributed by atoms with E-state index in [0.29, 0.717) is 23.5 Å². The zero-order valence-electron chi connectivity index (χ0n) is 13.9. The van der Waals surface area contributed by atoms with E-state index < -0.39 is 10.9 Å². The highest BCUT2D eigenvalue weighted by Crippen LogP contribution is 2.17. The Labute approximate surface area is 143 Å². The third-order valence-electron chi connectivity index (χ3n) is 3.77. The van der Waals surface area contributed by atoms with Crippen molar-refractivity contribution in [2.75, 3.05) is 7.05 Å². The second-order valence-corrected chi connectivity index (χ2v) is 5.66. The Kier molecular flexibility index (Phi) is 5.53. The molecule has 0 aliphatic carbocycles. The van der Waals surface area contributed by atoms with Crippen LogP contribution in [0.25, 0.3) is 0 Å². The Morgan fingerprint density at radius 1 is 1.32 bits per heavy atom. The summed E-state index contributed by atoms with van der Waals surface area (Å²) in [5.41, 5.74) is 0.774. The van der Waals surface area contributed by atoms with E-state index in [2.05, 4.69) is 0 Å². The summed E-state index contributed by atoms with van der Waals surface area (Å²) in [6.07, 6.45) is 0.561. The Morgan fingerprint density at radius 2 is 2.04 bits per heavy atom. The lowest BCUT2D eigenvalue weighted by Crippen LogP contribution is -2.26. The number of hydrogen-bond acceptors (Lipinski definition) is 5. The fraction of sp³-hybridized carbons (Fsp3) is 0.294. The van der Waals surface area contributed by atoms with Crippen LogP contribution in [0.4, 0.5) is 5.69 Å². The van der Waals surface area contributed by atoms with Crippen molar-refractivity contribution in [3.8, 4) is 0 Å². The van der Waals surface area contributed by atoms with E-state index in [1.54, 1.807) is 26.1 Å². The molecule has 0 saturated carbocycles. The highest BCUT2D eigenvalue weighted by atomic mass is 16.6. The van der Waals surface area contributed by atoms with Crippen molar-refractivity contribution in [2.24, 2.45) is 0 Å². The zero-order chi connectivity index (χ0) is 18.6. The number of aryl methyl sites for hydroxylation is 2. The summed E-state index contributed by atoms with van der Waals surface area (Å²) in [6, 6.07) is 7.57. The molecule has 132 valence electrons.